The second-order valence-electron chi connectivity index (χ2n) is 6.10. The Morgan fingerprint density at radius 3 is 1.40 bits per heavy atom. The van der Waals surface area contributed by atoms with Crippen LogP contribution < -0.4 is 0 Å². The second-order valence-corrected chi connectivity index (χ2v) is 10.4. The fourth-order valence-corrected chi connectivity index (χ4v) is 7.38. The summed E-state index contributed by atoms with van der Waals surface area (Å²) in [6.07, 6.45) is 0. The van der Waals surface area contributed by atoms with Crippen LogP contribution in [-0.4, -0.2) is 52.3 Å². The summed E-state index contributed by atoms with van der Waals surface area (Å²) in [6, 6.07) is 0. The highest BCUT2D eigenvalue weighted by atomic mass is 32.4. The maximum atomic E-state index is 5.99. The summed E-state index contributed by atoms with van der Waals surface area (Å²) in [5, 5.41) is 0. The molecule has 2 saturated heterocycles. The molecule has 15 heavy (non-hydrogen) atoms. The van der Waals surface area contributed by atoms with E-state index in [2.05, 4.69) is 55.8 Å². The van der Waals surface area contributed by atoms with Crippen molar-refractivity contribution in [2.24, 2.45) is 0 Å². The van der Waals surface area contributed by atoms with Gasteiger partial charge in [-0.1, -0.05) is 0 Å². The molecule has 2 aliphatic rings. The first-order valence-electron chi connectivity index (χ1n) is 5.46. The third-order valence-corrected chi connectivity index (χ3v) is 9.24. The second kappa shape index (κ2) is 3.05. The van der Waals surface area contributed by atoms with Gasteiger partial charge in [-0.05, 0) is 53.6 Å². The van der Waals surface area contributed by atoms with Crippen molar-refractivity contribution in [1.29, 1.82) is 0 Å². The molecule has 0 radical (unpaired) electrons. The molecule has 0 amide bonds. The van der Waals surface area contributed by atoms with Crippen molar-refractivity contribution in [3.63, 3.8) is 0 Å². The molecule has 2 aliphatic heterocycles. The van der Waals surface area contributed by atoms with Gasteiger partial charge in [0.25, 0.3) is 0 Å². The number of hydrogen-bond donors (Lipinski definition) is 0. The van der Waals surface area contributed by atoms with E-state index in [1.54, 1.807) is 0 Å². The van der Waals surface area contributed by atoms with Crippen LogP contribution in [0.4, 0.5) is 0 Å². The van der Waals surface area contributed by atoms with Gasteiger partial charge in [0, 0.05) is 24.2 Å². The highest BCUT2D eigenvalue weighted by molar-refractivity contribution is 8.11. The summed E-state index contributed by atoms with van der Waals surface area (Å²) in [5.41, 5.74) is 0.636. The molecular formula is C10H22N3PS. The van der Waals surface area contributed by atoms with E-state index in [1.165, 1.54) is 0 Å². The molecule has 2 atom stereocenters. The topological polar surface area (TPSA) is 9.26 Å². The van der Waals surface area contributed by atoms with Crippen molar-refractivity contribution in [2.75, 3.05) is 27.2 Å². The molecule has 2 heterocycles. The van der Waals surface area contributed by atoms with Gasteiger partial charge in [0.1, 0.15) is 6.49 Å². The zero-order chi connectivity index (χ0) is 11.6. The summed E-state index contributed by atoms with van der Waals surface area (Å²) >= 11 is 5.99. The average Bonchev–Trinajstić information content (AvgIpc) is 2.87. The molecule has 5 heteroatoms. The van der Waals surface area contributed by atoms with E-state index in [0.717, 1.165) is 13.1 Å². The first-order chi connectivity index (χ1) is 6.62. The lowest BCUT2D eigenvalue weighted by atomic mass is 10.2. The highest BCUT2D eigenvalue weighted by Crippen LogP contribution is 2.70. The van der Waals surface area contributed by atoms with Gasteiger partial charge < -0.3 is 0 Å². The Labute approximate surface area is 98.6 Å². The van der Waals surface area contributed by atoms with Gasteiger partial charge in [0.15, 0.2) is 0 Å². The SMILES string of the molecule is CN(C)P(=S)(N1CC1(C)C)N1CC1(C)C. The normalized spacial score (nSPS) is 39.9. The third-order valence-electron chi connectivity index (χ3n) is 3.41. The first-order valence-corrected chi connectivity index (χ1v) is 8.12. The minimum absolute atomic E-state index is 0.318. The Morgan fingerprint density at radius 1 is 1.00 bits per heavy atom. The lowest BCUT2D eigenvalue weighted by Crippen LogP contribution is -2.25. The summed E-state index contributed by atoms with van der Waals surface area (Å²) in [5.74, 6) is 0. The standard InChI is InChI=1S/C10H22N3PS/c1-9(2)7-12(9)14(15,11(5)6)13-8-10(13,3)4/h7-8H2,1-6H3. The van der Waals surface area contributed by atoms with E-state index in [1.807, 2.05) is 0 Å². The number of rotatable bonds is 3. The van der Waals surface area contributed by atoms with Crippen LogP contribution in [0.3, 0.4) is 0 Å². The summed E-state index contributed by atoms with van der Waals surface area (Å²) in [7, 11) is 4.26. The zero-order valence-corrected chi connectivity index (χ0v) is 12.3. The third kappa shape index (κ3) is 1.71. The van der Waals surface area contributed by atoms with E-state index < -0.39 is 6.49 Å². The van der Waals surface area contributed by atoms with Gasteiger partial charge in [-0.3, -0.25) is 4.67 Å². The average molecular weight is 247 g/mol. The van der Waals surface area contributed by atoms with Gasteiger partial charge in [0.2, 0.25) is 0 Å². The van der Waals surface area contributed by atoms with Crippen LogP contribution in [0.5, 0.6) is 0 Å². The molecular weight excluding hydrogens is 225 g/mol. The molecule has 2 fully saturated rings. The Hall–Kier alpha value is 0.530. The fraction of sp³-hybridized carbons (Fsp3) is 1.00. The Morgan fingerprint density at radius 2 is 1.27 bits per heavy atom. The van der Waals surface area contributed by atoms with Crippen LogP contribution >= 0.6 is 6.49 Å². The van der Waals surface area contributed by atoms with Crippen molar-refractivity contribution in [2.45, 2.75) is 38.8 Å². The quantitative estimate of drug-likeness (QED) is 0.556. The number of nitrogens with zero attached hydrogens (tertiary/aromatic N) is 3. The van der Waals surface area contributed by atoms with E-state index in [0.29, 0.717) is 11.1 Å². The minimum Gasteiger partial charge on any atom is -0.258 e. The Kier molecular flexibility index (Phi) is 2.44. The lowest BCUT2D eigenvalue weighted by molar-refractivity contribution is 0.508. The van der Waals surface area contributed by atoms with Crippen molar-refractivity contribution in [3.05, 3.63) is 0 Å². The molecule has 0 N–H and O–H groups in total. The van der Waals surface area contributed by atoms with Crippen LogP contribution in [0, 0.1) is 0 Å². The highest BCUT2D eigenvalue weighted by Gasteiger charge is 2.61. The summed E-state index contributed by atoms with van der Waals surface area (Å²) in [4.78, 5) is 0. The monoisotopic (exact) mass is 247 g/mol. The van der Waals surface area contributed by atoms with E-state index in [9.17, 15) is 0 Å². The fourth-order valence-electron chi connectivity index (χ4n) is 2.11. The van der Waals surface area contributed by atoms with Crippen LogP contribution in [-0.2, 0) is 11.8 Å². The van der Waals surface area contributed by atoms with Crippen LogP contribution in [0.2, 0.25) is 0 Å². The molecule has 2 rings (SSSR count). The Bertz CT molecular complexity index is 312. The van der Waals surface area contributed by atoms with Gasteiger partial charge in [-0.15, -0.1) is 0 Å². The molecule has 0 aliphatic carbocycles. The predicted octanol–water partition coefficient (Wildman–Crippen LogP) is 1.96. The van der Waals surface area contributed by atoms with Crippen LogP contribution in [0.15, 0.2) is 0 Å². The van der Waals surface area contributed by atoms with E-state index in [4.69, 9.17) is 11.8 Å². The molecule has 2 unspecified atom stereocenters. The molecule has 0 saturated carbocycles. The number of hydrogen-bond acceptors (Lipinski definition) is 1. The van der Waals surface area contributed by atoms with Crippen LogP contribution in [0.1, 0.15) is 27.7 Å². The van der Waals surface area contributed by atoms with Crippen molar-refractivity contribution in [3.8, 4) is 0 Å². The van der Waals surface area contributed by atoms with Crippen molar-refractivity contribution in [1.82, 2.24) is 14.0 Å². The largest absolute Gasteiger partial charge is 0.258 e. The van der Waals surface area contributed by atoms with Crippen molar-refractivity contribution >= 4 is 18.3 Å². The van der Waals surface area contributed by atoms with Gasteiger partial charge in [-0.25, -0.2) is 9.34 Å². The molecule has 0 bridgehead atoms. The van der Waals surface area contributed by atoms with Crippen molar-refractivity contribution < 1.29 is 0 Å². The first kappa shape index (κ1) is 12.0. The van der Waals surface area contributed by atoms with Gasteiger partial charge >= 0.3 is 0 Å². The molecule has 0 aromatic heterocycles. The van der Waals surface area contributed by atoms with Gasteiger partial charge in [-0.2, -0.15) is 0 Å². The summed E-state index contributed by atoms with van der Waals surface area (Å²) < 4.78 is 7.28. The molecule has 0 aromatic rings. The summed E-state index contributed by atoms with van der Waals surface area (Å²) in [6.45, 7) is 9.82. The lowest BCUT2D eigenvalue weighted by Gasteiger charge is -2.34. The van der Waals surface area contributed by atoms with E-state index >= 15 is 0 Å². The molecule has 3 nitrogen and oxygen atoms in total. The smallest absolute Gasteiger partial charge is 0.146 e. The maximum Gasteiger partial charge on any atom is 0.146 e. The molecule has 88 valence electrons. The zero-order valence-electron chi connectivity index (χ0n) is 10.6. The molecule has 0 aromatic carbocycles. The molecule has 0 spiro atoms. The van der Waals surface area contributed by atoms with E-state index in [-0.39, 0.29) is 0 Å². The Balaban J connectivity index is 2.25. The van der Waals surface area contributed by atoms with Crippen LogP contribution in [0.25, 0.3) is 0 Å². The maximum absolute atomic E-state index is 5.99. The minimum atomic E-state index is -1.62. The predicted molar refractivity (Wildman–Crippen MR) is 69.5 cm³/mol. The van der Waals surface area contributed by atoms with Gasteiger partial charge in [0.05, 0.1) is 0 Å².